The lowest BCUT2D eigenvalue weighted by atomic mass is 9.91. The van der Waals surface area contributed by atoms with E-state index in [2.05, 4.69) is 156 Å². The van der Waals surface area contributed by atoms with Crippen molar-refractivity contribution in [2.45, 2.75) is 18.1 Å². The number of amidine groups is 2. The zero-order chi connectivity index (χ0) is 37.5. The van der Waals surface area contributed by atoms with Crippen LogP contribution in [0.4, 0.5) is 11.4 Å². The third-order valence-corrected chi connectivity index (χ3v) is 12.9. The van der Waals surface area contributed by atoms with Crippen molar-refractivity contribution in [2.75, 3.05) is 4.90 Å². The zero-order valence-electron chi connectivity index (χ0n) is 30.7. The molecule has 0 amide bonds. The molecule has 4 heterocycles. The number of para-hydroxylation sites is 2. The second kappa shape index (κ2) is 12.8. The van der Waals surface area contributed by atoms with Gasteiger partial charge in [0.25, 0.3) is 0 Å². The van der Waals surface area contributed by atoms with Gasteiger partial charge in [0.05, 0.1) is 11.7 Å². The molecule has 9 aromatic rings. The number of allylic oxidation sites excluding steroid dienone is 2. The summed E-state index contributed by atoms with van der Waals surface area (Å²) in [5.74, 6) is 1.83. The average molecular weight is 751 g/mol. The molecule has 7 aromatic carbocycles. The van der Waals surface area contributed by atoms with Crippen molar-refractivity contribution in [3.05, 3.63) is 204 Å². The van der Waals surface area contributed by atoms with Gasteiger partial charge in [-0.1, -0.05) is 158 Å². The van der Waals surface area contributed by atoms with Crippen LogP contribution in [0, 0.1) is 0 Å². The molecule has 0 spiro atoms. The van der Waals surface area contributed by atoms with Gasteiger partial charge in [-0.3, -0.25) is 0 Å². The molecule has 1 N–H and O–H groups in total. The summed E-state index contributed by atoms with van der Waals surface area (Å²) in [6.07, 6.45) is 8.66. The molecule has 5 nitrogen and oxygen atoms in total. The highest BCUT2D eigenvalue weighted by molar-refractivity contribution is 7.26. The molecule has 1 aliphatic carbocycles. The van der Waals surface area contributed by atoms with Crippen molar-refractivity contribution < 1.29 is 4.42 Å². The summed E-state index contributed by atoms with van der Waals surface area (Å²) in [6, 6.07) is 56.0. The SMILES string of the molecule is C1=CC2c3ccccc3N(c3cccc4c3oc3cccc(-c5cccc6sc7c(C8N=C(c9ccccc9)N=C(c9ccccc9)N8)cccc7c56)c34)C2C=C1. The van der Waals surface area contributed by atoms with Gasteiger partial charge in [-0.15, -0.1) is 11.3 Å². The van der Waals surface area contributed by atoms with Crippen molar-refractivity contribution in [3.63, 3.8) is 0 Å². The van der Waals surface area contributed by atoms with E-state index in [0.717, 1.165) is 61.6 Å². The Hall–Kier alpha value is -7.02. The first-order valence-electron chi connectivity index (χ1n) is 19.4. The van der Waals surface area contributed by atoms with Gasteiger partial charge >= 0.3 is 0 Å². The fourth-order valence-electron chi connectivity index (χ4n) is 9.19. The highest BCUT2D eigenvalue weighted by Gasteiger charge is 2.38. The maximum absolute atomic E-state index is 6.91. The number of nitrogens with zero attached hydrogens (tertiary/aromatic N) is 3. The Balaban J connectivity index is 1.02. The summed E-state index contributed by atoms with van der Waals surface area (Å²) in [6.45, 7) is 0. The van der Waals surface area contributed by atoms with Gasteiger partial charge in [0, 0.05) is 59.2 Å². The fraction of sp³-hybridized carbons (Fsp3) is 0.0588. The van der Waals surface area contributed by atoms with Gasteiger partial charge in [0.15, 0.2) is 11.4 Å². The summed E-state index contributed by atoms with van der Waals surface area (Å²) in [4.78, 5) is 12.7. The molecule has 0 radical (unpaired) electrons. The van der Waals surface area contributed by atoms with Gasteiger partial charge < -0.3 is 14.6 Å². The Labute approximate surface area is 333 Å². The van der Waals surface area contributed by atoms with Crippen LogP contribution < -0.4 is 10.2 Å². The van der Waals surface area contributed by atoms with E-state index >= 15 is 0 Å². The number of benzene rings is 7. The number of rotatable bonds is 5. The van der Waals surface area contributed by atoms with E-state index in [1.54, 1.807) is 0 Å². The second-order valence-electron chi connectivity index (χ2n) is 14.8. The van der Waals surface area contributed by atoms with Crippen molar-refractivity contribution in [1.29, 1.82) is 0 Å². The lowest BCUT2D eigenvalue weighted by molar-refractivity contribution is 0.663. The van der Waals surface area contributed by atoms with Crippen LogP contribution in [-0.4, -0.2) is 17.7 Å². The van der Waals surface area contributed by atoms with Crippen molar-refractivity contribution in [2.24, 2.45) is 9.98 Å². The van der Waals surface area contributed by atoms with Crippen molar-refractivity contribution >= 4 is 76.5 Å². The van der Waals surface area contributed by atoms with Gasteiger partial charge in [-0.25, -0.2) is 9.98 Å². The van der Waals surface area contributed by atoms with Gasteiger partial charge in [-0.05, 0) is 41.0 Å². The number of furan rings is 1. The molecule has 57 heavy (non-hydrogen) atoms. The highest BCUT2D eigenvalue weighted by atomic mass is 32.1. The Morgan fingerprint density at radius 3 is 2.14 bits per heavy atom. The molecule has 2 aliphatic heterocycles. The van der Waals surface area contributed by atoms with Crippen LogP contribution in [0.3, 0.4) is 0 Å². The van der Waals surface area contributed by atoms with Crippen LogP contribution in [0.2, 0.25) is 0 Å². The quantitative estimate of drug-likeness (QED) is 0.191. The van der Waals surface area contributed by atoms with E-state index in [1.165, 1.54) is 37.0 Å². The minimum Gasteiger partial charge on any atom is -0.454 e. The number of hydrogen-bond acceptors (Lipinski definition) is 6. The van der Waals surface area contributed by atoms with E-state index in [0.29, 0.717) is 5.92 Å². The van der Waals surface area contributed by atoms with Crippen LogP contribution in [0.25, 0.3) is 53.2 Å². The maximum atomic E-state index is 6.91. The predicted molar refractivity (Wildman–Crippen MR) is 237 cm³/mol. The van der Waals surface area contributed by atoms with Crippen molar-refractivity contribution in [1.82, 2.24) is 5.32 Å². The van der Waals surface area contributed by atoms with Gasteiger partial charge in [0.2, 0.25) is 0 Å². The number of fused-ring (bicyclic) bond motifs is 9. The molecule has 0 bridgehead atoms. The summed E-state index contributed by atoms with van der Waals surface area (Å²) >= 11 is 1.83. The highest BCUT2D eigenvalue weighted by Crippen LogP contribution is 2.51. The first-order chi connectivity index (χ1) is 28.3. The molecular formula is C51H34N4OS. The molecular weight excluding hydrogens is 717 g/mol. The Morgan fingerprint density at radius 1 is 0.579 bits per heavy atom. The lowest BCUT2D eigenvalue weighted by Gasteiger charge is -2.28. The Morgan fingerprint density at radius 2 is 1.26 bits per heavy atom. The van der Waals surface area contributed by atoms with E-state index in [-0.39, 0.29) is 12.2 Å². The molecule has 3 unspecified atom stereocenters. The van der Waals surface area contributed by atoms with Crippen LogP contribution in [0.5, 0.6) is 0 Å². The van der Waals surface area contributed by atoms with E-state index in [9.17, 15) is 0 Å². The molecule has 0 fully saturated rings. The summed E-state index contributed by atoms with van der Waals surface area (Å²) in [5, 5.41) is 8.42. The molecule has 0 saturated heterocycles. The topological polar surface area (TPSA) is 53.1 Å². The standard InChI is InChI=1S/C51H34N4OS/c1-3-15-31(16-4-1)49-52-50(32-17-5-2-6-18-32)54-51(53-49)39-25-11-24-38-46-36(22-14-30-44(46)57-48(38)39)35-21-13-29-43-45(35)37-23-12-28-42(47(37)56-43)55-40-26-9-7-19-33(40)34-20-8-10-27-41(34)55/h1-30,33,40,51H,(H,52,53,54). The monoisotopic (exact) mass is 750 g/mol. The van der Waals surface area contributed by atoms with Crippen LogP contribution in [-0.2, 0) is 0 Å². The molecule has 3 atom stereocenters. The van der Waals surface area contributed by atoms with Gasteiger partial charge in [-0.2, -0.15) is 0 Å². The fourth-order valence-corrected chi connectivity index (χ4v) is 10.5. The van der Waals surface area contributed by atoms with E-state index < -0.39 is 0 Å². The van der Waals surface area contributed by atoms with Crippen LogP contribution in [0.1, 0.15) is 34.3 Å². The van der Waals surface area contributed by atoms with Crippen LogP contribution in [0.15, 0.2) is 196 Å². The number of nitrogens with one attached hydrogen (secondary N) is 1. The summed E-state index contributed by atoms with van der Waals surface area (Å²) in [5.41, 5.74) is 11.0. The predicted octanol–water partition coefficient (Wildman–Crippen LogP) is 12.8. The first-order valence-corrected chi connectivity index (χ1v) is 20.3. The normalized spacial score (nSPS) is 18.5. The number of hydrogen-bond donors (Lipinski definition) is 1. The van der Waals surface area contributed by atoms with E-state index in [1.807, 2.05) is 47.7 Å². The molecule has 12 rings (SSSR count). The number of anilines is 2. The molecule has 3 aliphatic rings. The minimum atomic E-state index is -0.322. The minimum absolute atomic E-state index is 0.188. The number of aliphatic imine (C=N–C) groups is 2. The van der Waals surface area contributed by atoms with Gasteiger partial charge in [0.1, 0.15) is 17.6 Å². The summed E-state index contributed by atoms with van der Waals surface area (Å²) < 4.78 is 9.36. The molecule has 2 aromatic heterocycles. The van der Waals surface area contributed by atoms with Crippen LogP contribution >= 0.6 is 11.3 Å². The number of thiophene rings is 1. The zero-order valence-corrected chi connectivity index (χ0v) is 31.5. The smallest absolute Gasteiger partial charge is 0.159 e. The lowest BCUT2D eigenvalue weighted by Crippen LogP contribution is -2.33. The second-order valence-corrected chi connectivity index (χ2v) is 15.9. The summed E-state index contributed by atoms with van der Waals surface area (Å²) in [7, 11) is 0. The third kappa shape index (κ3) is 5.00. The Kier molecular flexibility index (Phi) is 7.22. The maximum Gasteiger partial charge on any atom is 0.159 e. The molecule has 0 saturated carbocycles. The average Bonchev–Trinajstić information content (AvgIpc) is 3.97. The third-order valence-electron chi connectivity index (χ3n) is 11.7. The molecule has 6 heteroatoms. The largest absolute Gasteiger partial charge is 0.454 e. The van der Waals surface area contributed by atoms with E-state index in [4.69, 9.17) is 14.4 Å². The van der Waals surface area contributed by atoms with Crippen molar-refractivity contribution in [3.8, 4) is 11.1 Å². The molecule has 270 valence electrons. The first kappa shape index (κ1) is 32.2. The Bertz CT molecular complexity index is 3190.